The number of pyridine rings is 5. The van der Waals surface area contributed by atoms with Gasteiger partial charge in [-0.2, -0.15) is 0 Å². The molecule has 0 saturated heterocycles. The van der Waals surface area contributed by atoms with E-state index in [0.29, 0.717) is 24.2 Å². The topological polar surface area (TPSA) is 355 Å². The molecule has 0 radical (unpaired) electrons. The minimum Gasteiger partial charge on any atom is -0.444 e. The smallest absolute Gasteiger partial charge is 0.407 e. The highest BCUT2D eigenvalue weighted by atomic mass is 19.1. The molecule has 0 bridgehead atoms. The van der Waals surface area contributed by atoms with Gasteiger partial charge in [0.25, 0.3) is 17.7 Å². The number of nitrogens with zero attached hydrogens (tertiary/aromatic N) is 5. The average Bonchev–Trinajstić information content (AvgIpc) is 0.806. The summed E-state index contributed by atoms with van der Waals surface area (Å²) in [4.78, 5) is 84.4. The Morgan fingerprint density at radius 3 is 1.21 bits per heavy atom. The summed E-state index contributed by atoms with van der Waals surface area (Å²) in [6, 6.07) is 28.5. The first kappa shape index (κ1) is 78.4. The number of hydrogen-bond acceptors (Lipinski definition) is 19. The van der Waals surface area contributed by atoms with Gasteiger partial charge in [-0.15, -0.1) is 0 Å². The van der Waals surface area contributed by atoms with Crippen molar-refractivity contribution in [1.29, 1.82) is 0 Å². The number of hydrogen-bond donors (Lipinski definition) is 12. The van der Waals surface area contributed by atoms with Crippen LogP contribution in [-0.2, 0) is 20.6 Å². The summed E-state index contributed by atoms with van der Waals surface area (Å²) in [6.45, 7) is 22.0. The molecule has 3 aliphatic rings. The maximum Gasteiger partial charge on any atom is 0.407 e. The molecule has 5 aromatic heterocycles. The monoisotopic (exact) mass is 1420 g/mol. The fraction of sp³-hybridized carbons (Fsp3) is 0.447. The van der Waals surface area contributed by atoms with Gasteiger partial charge in [0, 0.05) is 35.6 Å². The van der Waals surface area contributed by atoms with Crippen molar-refractivity contribution < 1.29 is 46.6 Å². The Morgan fingerprint density at radius 2 is 0.816 bits per heavy atom. The molecule has 0 spiro atoms. The van der Waals surface area contributed by atoms with E-state index in [-0.39, 0.29) is 87.8 Å². The molecule has 7 aromatic rings. The van der Waals surface area contributed by atoms with Crippen LogP contribution in [0.15, 0.2) is 116 Å². The van der Waals surface area contributed by atoms with Gasteiger partial charge < -0.3 is 74.5 Å². The molecule has 27 heteroatoms. The fourth-order valence-corrected chi connectivity index (χ4v) is 12.2. The van der Waals surface area contributed by atoms with Gasteiger partial charge in [-0.1, -0.05) is 99.2 Å². The van der Waals surface area contributed by atoms with E-state index in [1.165, 1.54) is 6.07 Å². The Morgan fingerprint density at radius 1 is 0.456 bits per heavy atom. The molecule has 2 aromatic carbocycles. The van der Waals surface area contributed by atoms with Crippen molar-refractivity contribution in [3.63, 3.8) is 0 Å². The van der Waals surface area contributed by atoms with Crippen LogP contribution < -0.4 is 65.1 Å². The molecule has 3 aliphatic carbocycles. The van der Waals surface area contributed by atoms with Gasteiger partial charge in [-0.05, 0) is 175 Å². The molecule has 0 unspecified atom stereocenters. The van der Waals surface area contributed by atoms with Crippen LogP contribution in [0.4, 0.5) is 69.0 Å². The highest BCUT2D eigenvalue weighted by Gasteiger charge is 2.34. The summed E-state index contributed by atoms with van der Waals surface area (Å²) in [7, 11) is 0. The van der Waals surface area contributed by atoms with E-state index in [2.05, 4.69) is 72.8 Å². The molecule has 3 saturated carbocycles. The molecule has 5 heterocycles. The van der Waals surface area contributed by atoms with Crippen molar-refractivity contribution >= 4 is 76.2 Å². The van der Waals surface area contributed by atoms with Crippen molar-refractivity contribution in [2.45, 2.75) is 219 Å². The number of nitrogens with one attached hydrogen (secondary N) is 9. The lowest BCUT2D eigenvalue weighted by Crippen LogP contribution is -2.50. The second kappa shape index (κ2) is 34.6. The number of carbonyl (C=O) groups excluding carboxylic acids is 5. The molecule has 0 aliphatic heterocycles. The third-order valence-corrected chi connectivity index (χ3v) is 17.6. The van der Waals surface area contributed by atoms with Crippen LogP contribution in [0, 0.1) is 31.3 Å². The van der Waals surface area contributed by atoms with E-state index in [4.69, 9.17) is 26.7 Å². The second-order valence-electron chi connectivity index (χ2n) is 29.3. The second-order valence-corrected chi connectivity index (χ2v) is 29.3. The number of nitrogen functional groups attached to an aromatic ring is 1. The lowest BCUT2D eigenvalue weighted by molar-refractivity contribution is 0.0477. The number of alkyl carbamates (subject to hydrolysis) is 2. The zero-order chi connectivity index (χ0) is 75.0. The number of anilines is 8. The minimum absolute atomic E-state index is 0.0145. The molecule has 5 amide bonds. The lowest BCUT2D eigenvalue weighted by atomic mass is 9.90. The molecule has 24 nitrogen and oxygen atoms in total. The number of halogens is 3. The van der Waals surface area contributed by atoms with Gasteiger partial charge in [0.2, 0.25) is 0 Å². The van der Waals surface area contributed by atoms with Crippen LogP contribution in [0.3, 0.4) is 0 Å². The van der Waals surface area contributed by atoms with Crippen molar-refractivity contribution in [2.75, 3.05) is 32.3 Å². The van der Waals surface area contributed by atoms with E-state index in [1.54, 1.807) is 60.0 Å². The highest BCUT2D eigenvalue weighted by Crippen LogP contribution is 2.33. The SMILES string of the molecule is CC(C)(C)OC(=O)N[C@H]1CCCC[C@H]1Nc1nc(N)c(C(=O)NC(C)(C)c2ccccc2)cc1F.Cc1ccc(Nc2nc(N[C@@H]3CCCC[C@@H]3N)c(F)cc2C(N)=O)cn1.Cc1ccc(Nc2nc(N[C@@H]3CCCC[C@@H]3NC(=O)OC(C)(C)C)c(F)cc2C(=O)NC(C)(C)c2ccccc2)cn1. The Balaban J connectivity index is 0.000000201. The Labute approximate surface area is 601 Å². The molecule has 103 heavy (non-hydrogen) atoms. The zero-order valence-electron chi connectivity index (χ0n) is 60.9. The number of rotatable bonds is 19. The maximum atomic E-state index is 15.6. The lowest BCUT2D eigenvalue weighted by Gasteiger charge is -2.34. The number of amides is 5. The molecule has 15 N–H and O–H groups in total. The van der Waals surface area contributed by atoms with Crippen LogP contribution >= 0.6 is 0 Å². The Kier molecular flexibility index (Phi) is 26.3. The number of ether oxygens (including phenoxy) is 2. The minimum atomic E-state index is -0.764. The van der Waals surface area contributed by atoms with Crippen molar-refractivity contribution in [1.82, 2.24) is 46.2 Å². The van der Waals surface area contributed by atoms with Gasteiger partial charge >= 0.3 is 12.2 Å². The van der Waals surface area contributed by atoms with E-state index in [9.17, 15) is 28.4 Å². The summed E-state index contributed by atoms with van der Waals surface area (Å²) in [5, 5.41) is 27.2. The van der Waals surface area contributed by atoms with Crippen LogP contribution in [0.2, 0.25) is 0 Å². The predicted octanol–water partition coefficient (Wildman–Crippen LogP) is 13.7. The van der Waals surface area contributed by atoms with Crippen molar-refractivity contribution in [3.8, 4) is 0 Å². The molecule has 3 fully saturated rings. The van der Waals surface area contributed by atoms with Crippen molar-refractivity contribution in [2.24, 2.45) is 11.5 Å². The molecule has 10 rings (SSSR count). The number of carbonyl (C=O) groups is 5. The third kappa shape index (κ3) is 23.1. The normalized spacial score (nSPS) is 18.3. The first-order valence-electron chi connectivity index (χ1n) is 35.0. The van der Waals surface area contributed by atoms with Gasteiger partial charge in [-0.25, -0.2) is 37.7 Å². The Bertz CT molecular complexity index is 4050. The summed E-state index contributed by atoms with van der Waals surface area (Å²) < 4.78 is 55.9. The zero-order valence-corrected chi connectivity index (χ0v) is 60.9. The summed E-state index contributed by atoms with van der Waals surface area (Å²) in [6.07, 6.45) is 12.6. The van der Waals surface area contributed by atoms with Gasteiger partial charge in [0.1, 0.15) is 28.7 Å². The third-order valence-electron chi connectivity index (χ3n) is 17.6. The highest BCUT2D eigenvalue weighted by molar-refractivity contribution is 6.01. The molecule has 6 atom stereocenters. The van der Waals surface area contributed by atoms with Crippen LogP contribution in [0.25, 0.3) is 0 Å². The standard InChI is InChI=1S/C32H41FN6O3.C26H36FN5O3.C18H23FN6O/c1-20-16-17-22(19-34-20)35-27-23(29(40)39-32(5,6)21-12-8-7-9-13-21)18-24(33)28(38-27)36-25-14-10-11-15-26(25)37-30(41)42-31(2,3)4;1-25(2,3)35-24(34)30-20-14-10-9-13-19(20)29-22-18(27)15-17(21(28)31-22)23(33)32-26(4,5)16-11-7-6-8-12-16;1-10-6-7-11(9-22-10)23-17-12(16(21)26)8-13(19)18(25-17)24-15-5-3-2-4-14(15)20/h7-9,12-13,16-19,25-26H,10-11,14-15H2,1-6H3,(H,37,41)(H,39,40)(H2,35,36,38);6-8,11-12,15,19-20H,9-10,13-14H2,1-5H3,(H,30,34)(H,32,33)(H3,28,29,31);6-9,14-15H,2-5,20H2,1H3,(H2,21,26)(H2,23,24,25)/t25-,26+;19-,20+;14-,15+/m110/s1. The quantitative estimate of drug-likeness (QED) is 0.0358. The molecular weight excluding hydrogens is 1320 g/mol. The van der Waals surface area contributed by atoms with Gasteiger partial charge in [-0.3, -0.25) is 24.4 Å². The first-order valence-corrected chi connectivity index (χ1v) is 35.0. The summed E-state index contributed by atoms with van der Waals surface area (Å²) in [5.74, 6) is -3.50. The summed E-state index contributed by atoms with van der Waals surface area (Å²) in [5.41, 5.74) is 19.6. The van der Waals surface area contributed by atoms with E-state index in [1.807, 2.05) is 120 Å². The van der Waals surface area contributed by atoms with E-state index >= 15 is 8.78 Å². The van der Waals surface area contributed by atoms with Crippen LogP contribution in [0.5, 0.6) is 0 Å². The molecule has 552 valence electrons. The van der Waals surface area contributed by atoms with Gasteiger partial charge in [0.15, 0.2) is 34.9 Å². The number of nitrogens with two attached hydrogens (primary N) is 3. The maximum absolute atomic E-state index is 15.6. The average molecular weight is 1420 g/mol. The van der Waals surface area contributed by atoms with Crippen LogP contribution in [-0.4, -0.2) is 102 Å². The largest absolute Gasteiger partial charge is 0.444 e. The number of aryl methyl sites for hydroxylation is 2. The molecular formula is C76H100F3N17O7. The predicted molar refractivity (Wildman–Crippen MR) is 396 cm³/mol. The fourth-order valence-electron chi connectivity index (χ4n) is 12.2. The number of benzene rings is 2. The Hall–Kier alpha value is -10.3. The van der Waals surface area contributed by atoms with E-state index < -0.39 is 69.6 Å². The van der Waals surface area contributed by atoms with E-state index in [0.717, 1.165) is 98.9 Å². The van der Waals surface area contributed by atoms with Gasteiger partial charge in [0.05, 0.1) is 63.6 Å². The summed E-state index contributed by atoms with van der Waals surface area (Å²) >= 11 is 0. The first-order chi connectivity index (χ1) is 48.6. The number of primary amides is 1. The van der Waals surface area contributed by atoms with Crippen LogP contribution in [0.1, 0.15) is 200 Å². The number of aromatic nitrogens is 5. The van der Waals surface area contributed by atoms with Crippen molar-refractivity contribution in [3.05, 3.63) is 172 Å².